The number of aromatic nitrogens is 1. The maximum atomic E-state index is 12.8. The number of hydrogen-bond donors (Lipinski definition) is 0. The van der Waals surface area contributed by atoms with Crippen molar-refractivity contribution in [2.45, 2.75) is 19.2 Å². The highest BCUT2D eigenvalue weighted by Gasteiger charge is 2.34. The first-order valence-corrected chi connectivity index (χ1v) is 4.34. The van der Waals surface area contributed by atoms with Gasteiger partial charge < -0.3 is 4.74 Å². The molecule has 0 unspecified atom stereocenters. The molecule has 0 N–H and O–H groups in total. The third kappa shape index (κ3) is 3.51. The summed E-state index contributed by atoms with van der Waals surface area (Å²) in [6, 6.07) is 1.65. The summed E-state index contributed by atoms with van der Waals surface area (Å²) >= 11 is 0. The number of nitriles is 1. The molecule has 0 aliphatic carbocycles. The van der Waals surface area contributed by atoms with Crippen LogP contribution in [0, 0.1) is 17.3 Å². The van der Waals surface area contributed by atoms with Gasteiger partial charge in [0.05, 0.1) is 12.5 Å². The summed E-state index contributed by atoms with van der Waals surface area (Å²) in [4.78, 5) is 2.73. The van der Waals surface area contributed by atoms with Crippen LogP contribution in [0.25, 0.3) is 0 Å². The number of hydrogen-bond acceptors (Lipinski definition) is 3. The third-order valence-electron chi connectivity index (χ3n) is 1.79. The van der Waals surface area contributed by atoms with Crippen LogP contribution in [0.1, 0.15) is 17.6 Å². The Kier molecular flexibility index (Phi) is 4.00. The summed E-state index contributed by atoms with van der Waals surface area (Å²) in [5.74, 6) is -2.93. The summed E-state index contributed by atoms with van der Waals surface area (Å²) in [6.45, 7) is 0. The van der Waals surface area contributed by atoms with Crippen LogP contribution < -0.4 is 4.74 Å². The molecule has 0 aliphatic rings. The highest BCUT2D eigenvalue weighted by atomic mass is 19.4. The van der Waals surface area contributed by atoms with E-state index in [4.69, 9.17) is 5.26 Å². The summed E-state index contributed by atoms with van der Waals surface area (Å²) < 4.78 is 77.0. The molecule has 0 bridgehead atoms. The van der Waals surface area contributed by atoms with E-state index < -0.39 is 42.2 Å². The van der Waals surface area contributed by atoms with Crippen LogP contribution in [0.5, 0.6) is 5.88 Å². The lowest BCUT2D eigenvalue weighted by atomic mass is 10.1. The lowest BCUT2D eigenvalue weighted by molar-refractivity contribution is -0.276. The Hall–Kier alpha value is -1.98. The molecule has 0 atom stereocenters. The van der Waals surface area contributed by atoms with E-state index in [1.807, 2.05) is 0 Å². The smallest absolute Gasteiger partial charge is 0.387 e. The van der Waals surface area contributed by atoms with Crippen molar-refractivity contribution in [3.05, 3.63) is 23.1 Å². The minimum absolute atomic E-state index is 0.264. The molecule has 18 heavy (non-hydrogen) atoms. The molecule has 0 fully saturated rings. The van der Waals surface area contributed by atoms with Crippen LogP contribution in [-0.2, 0) is 6.42 Å². The maximum Gasteiger partial charge on any atom is 0.574 e. The summed E-state index contributed by atoms with van der Waals surface area (Å²) in [5, 5.41) is 8.36. The molecule has 1 heterocycles. The molecular formula is C9H4F6N2O. The number of alkyl halides is 5. The van der Waals surface area contributed by atoms with E-state index in [0.29, 0.717) is 0 Å². The SMILES string of the molecule is N#CCc1c(C(F)F)cc(F)nc1OC(F)(F)F. The molecule has 98 valence electrons. The lowest BCUT2D eigenvalue weighted by Gasteiger charge is -2.13. The highest BCUT2D eigenvalue weighted by molar-refractivity contribution is 5.37. The van der Waals surface area contributed by atoms with Crippen molar-refractivity contribution >= 4 is 0 Å². The van der Waals surface area contributed by atoms with E-state index in [9.17, 15) is 26.3 Å². The Morgan fingerprint density at radius 2 is 2.00 bits per heavy atom. The van der Waals surface area contributed by atoms with Crippen LogP contribution in [0.2, 0.25) is 0 Å². The molecule has 0 radical (unpaired) electrons. The number of ether oxygens (including phenoxy) is 1. The van der Waals surface area contributed by atoms with Crippen molar-refractivity contribution in [1.29, 1.82) is 5.26 Å². The number of halogens is 6. The first-order chi connectivity index (χ1) is 8.24. The summed E-state index contributed by atoms with van der Waals surface area (Å²) in [7, 11) is 0. The van der Waals surface area contributed by atoms with Gasteiger partial charge in [-0.3, -0.25) is 0 Å². The largest absolute Gasteiger partial charge is 0.574 e. The van der Waals surface area contributed by atoms with Gasteiger partial charge in [0.25, 0.3) is 6.43 Å². The van der Waals surface area contributed by atoms with Gasteiger partial charge >= 0.3 is 6.36 Å². The number of nitrogens with zero attached hydrogens (tertiary/aromatic N) is 2. The zero-order valence-electron chi connectivity index (χ0n) is 8.43. The molecule has 0 saturated carbocycles. The second-order valence-corrected chi connectivity index (χ2v) is 3.00. The van der Waals surface area contributed by atoms with Gasteiger partial charge in [-0.15, -0.1) is 13.2 Å². The minimum atomic E-state index is -5.22. The number of rotatable bonds is 3. The number of pyridine rings is 1. The second kappa shape index (κ2) is 5.12. The molecular weight excluding hydrogens is 266 g/mol. The van der Waals surface area contributed by atoms with Gasteiger partial charge in [-0.1, -0.05) is 0 Å². The first-order valence-electron chi connectivity index (χ1n) is 4.34. The monoisotopic (exact) mass is 270 g/mol. The Morgan fingerprint density at radius 1 is 1.39 bits per heavy atom. The van der Waals surface area contributed by atoms with E-state index in [1.165, 1.54) is 6.07 Å². The molecule has 0 spiro atoms. The van der Waals surface area contributed by atoms with Gasteiger partial charge in [0, 0.05) is 17.2 Å². The lowest BCUT2D eigenvalue weighted by Crippen LogP contribution is -2.20. The average Bonchev–Trinajstić information content (AvgIpc) is 2.19. The fourth-order valence-electron chi connectivity index (χ4n) is 1.18. The molecule has 3 nitrogen and oxygen atoms in total. The summed E-state index contributed by atoms with van der Waals surface area (Å²) in [5.41, 5.74) is -1.84. The van der Waals surface area contributed by atoms with Crippen molar-refractivity contribution in [3.8, 4) is 11.9 Å². The molecule has 9 heteroatoms. The topological polar surface area (TPSA) is 45.9 Å². The third-order valence-corrected chi connectivity index (χ3v) is 1.79. The fraction of sp³-hybridized carbons (Fsp3) is 0.333. The van der Waals surface area contributed by atoms with Crippen LogP contribution in [0.3, 0.4) is 0 Å². The van der Waals surface area contributed by atoms with Crippen molar-refractivity contribution in [1.82, 2.24) is 4.98 Å². The fourth-order valence-corrected chi connectivity index (χ4v) is 1.18. The van der Waals surface area contributed by atoms with Crippen molar-refractivity contribution < 1.29 is 31.1 Å². The average molecular weight is 270 g/mol. The minimum Gasteiger partial charge on any atom is -0.387 e. The Morgan fingerprint density at radius 3 is 2.44 bits per heavy atom. The van der Waals surface area contributed by atoms with Gasteiger partial charge in [0.15, 0.2) is 0 Å². The van der Waals surface area contributed by atoms with E-state index >= 15 is 0 Å². The van der Waals surface area contributed by atoms with Gasteiger partial charge in [0.1, 0.15) is 0 Å². The van der Waals surface area contributed by atoms with E-state index in [2.05, 4.69) is 9.72 Å². The molecule has 1 aromatic heterocycles. The second-order valence-electron chi connectivity index (χ2n) is 3.00. The van der Waals surface area contributed by atoms with Crippen molar-refractivity contribution in [2.75, 3.05) is 0 Å². The predicted molar refractivity (Wildman–Crippen MR) is 45.2 cm³/mol. The first kappa shape index (κ1) is 14.1. The van der Waals surface area contributed by atoms with Gasteiger partial charge in [-0.25, -0.2) is 8.78 Å². The molecule has 0 aliphatic heterocycles. The highest BCUT2D eigenvalue weighted by Crippen LogP contribution is 2.32. The zero-order valence-corrected chi connectivity index (χ0v) is 8.43. The van der Waals surface area contributed by atoms with Crippen molar-refractivity contribution in [2.24, 2.45) is 0 Å². The van der Waals surface area contributed by atoms with E-state index in [1.54, 1.807) is 0 Å². The van der Waals surface area contributed by atoms with E-state index in [-0.39, 0.29) is 6.07 Å². The molecule has 1 aromatic rings. The zero-order chi connectivity index (χ0) is 13.9. The standard InChI is InChI=1S/C9H4F6N2O/c10-6-3-5(7(11)12)4(1-2-16)8(17-6)18-9(13,14)15/h3,7H,1H2. The van der Waals surface area contributed by atoms with Crippen LogP contribution in [0.4, 0.5) is 26.3 Å². The Labute approximate surface area is 96.6 Å². The molecule has 0 saturated heterocycles. The van der Waals surface area contributed by atoms with Gasteiger partial charge in [-0.05, 0) is 0 Å². The quantitative estimate of drug-likeness (QED) is 0.626. The maximum absolute atomic E-state index is 12.8. The summed E-state index contributed by atoms with van der Waals surface area (Å²) in [6.07, 6.45) is -9.27. The van der Waals surface area contributed by atoms with Crippen LogP contribution in [0.15, 0.2) is 6.07 Å². The normalized spacial score (nSPS) is 11.4. The van der Waals surface area contributed by atoms with Crippen LogP contribution >= 0.6 is 0 Å². The van der Waals surface area contributed by atoms with Crippen LogP contribution in [-0.4, -0.2) is 11.3 Å². The van der Waals surface area contributed by atoms with Crippen molar-refractivity contribution in [3.63, 3.8) is 0 Å². The molecule has 1 rings (SSSR count). The predicted octanol–water partition coefficient (Wildman–Crippen LogP) is 3.12. The molecule has 0 amide bonds. The van der Waals surface area contributed by atoms with E-state index in [0.717, 1.165) is 0 Å². The molecule has 0 aromatic carbocycles. The Bertz CT molecular complexity index is 479. The van der Waals surface area contributed by atoms with Gasteiger partial charge in [-0.2, -0.15) is 14.6 Å². The van der Waals surface area contributed by atoms with Gasteiger partial charge in [0.2, 0.25) is 11.8 Å². The Balaban J connectivity index is 3.34.